The van der Waals surface area contributed by atoms with E-state index in [4.69, 9.17) is 4.74 Å². The number of ketones is 1. The molecule has 0 aliphatic heterocycles. The molecule has 1 aromatic carbocycles. The number of carbonyl (C=O) groups is 1. The Kier molecular flexibility index (Phi) is 5.80. The van der Waals surface area contributed by atoms with E-state index >= 15 is 0 Å². The van der Waals surface area contributed by atoms with Crippen LogP contribution in [0.4, 0.5) is 0 Å². The highest BCUT2D eigenvalue weighted by molar-refractivity contribution is 7.17. The third kappa shape index (κ3) is 4.56. The molecule has 136 valence electrons. The molecule has 1 atom stereocenters. The predicted molar refractivity (Wildman–Crippen MR) is 101 cm³/mol. The summed E-state index contributed by atoms with van der Waals surface area (Å²) in [6.45, 7) is 1.77. The molecule has 0 bridgehead atoms. The first-order valence-electron chi connectivity index (χ1n) is 8.35. The van der Waals surface area contributed by atoms with Gasteiger partial charge in [-0.25, -0.2) is 4.98 Å². The third-order valence-electron chi connectivity index (χ3n) is 3.97. The summed E-state index contributed by atoms with van der Waals surface area (Å²) in [5.74, 6) is 0.800. The van der Waals surface area contributed by atoms with Gasteiger partial charge in [-0.15, -0.1) is 11.3 Å². The Morgan fingerprint density at radius 2 is 2.08 bits per heavy atom. The van der Waals surface area contributed by atoms with Gasteiger partial charge >= 0.3 is 0 Å². The van der Waals surface area contributed by atoms with Crippen LogP contribution in [-0.2, 0) is 17.8 Å². The maximum absolute atomic E-state index is 12.3. The zero-order chi connectivity index (χ0) is 18.5. The van der Waals surface area contributed by atoms with E-state index in [2.05, 4.69) is 4.98 Å². The number of aliphatic hydroxyl groups is 1. The van der Waals surface area contributed by atoms with Crippen molar-refractivity contribution in [1.82, 2.24) is 9.55 Å². The number of aryl methyl sites for hydroxylation is 1. The molecule has 6 nitrogen and oxygen atoms in total. The quantitative estimate of drug-likeness (QED) is 0.657. The molecule has 0 saturated carbocycles. The van der Waals surface area contributed by atoms with Gasteiger partial charge in [0, 0.05) is 6.42 Å². The average Bonchev–Trinajstić information content (AvgIpc) is 3.11. The molecule has 3 rings (SSSR count). The van der Waals surface area contributed by atoms with Crippen LogP contribution in [-0.4, -0.2) is 33.2 Å². The number of rotatable bonds is 8. The lowest BCUT2D eigenvalue weighted by molar-refractivity contribution is -0.116. The predicted octanol–water partition coefficient (Wildman–Crippen LogP) is 2.42. The second-order valence-electron chi connectivity index (χ2n) is 6.15. The standard InChI is InChI=1S/C19H20N2O4S/c1-13(22)2-3-14-4-6-16(7-5-14)25-11-15(23)10-21-12-20-17-8-9-26-18(17)19(21)24/h4-9,12,15,23H,2-3,10-11H2,1H3/t15-/m0/s1. The SMILES string of the molecule is CC(=O)CCc1ccc(OC[C@@H](O)Cn2cnc3ccsc3c2=O)cc1. The highest BCUT2D eigenvalue weighted by Crippen LogP contribution is 2.15. The van der Waals surface area contributed by atoms with Crippen molar-refractivity contribution in [3.63, 3.8) is 0 Å². The Hall–Kier alpha value is -2.51. The Balaban J connectivity index is 1.54. The summed E-state index contributed by atoms with van der Waals surface area (Å²) >= 11 is 1.34. The van der Waals surface area contributed by atoms with Gasteiger partial charge in [0.2, 0.25) is 0 Å². The van der Waals surface area contributed by atoms with Gasteiger partial charge in [-0.1, -0.05) is 12.1 Å². The molecule has 0 fully saturated rings. The van der Waals surface area contributed by atoms with E-state index in [1.165, 1.54) is 22.2 Å². The number of benzene rings is 1. The number of aromatic nitrogens is 2. The lowest BCUT2D eigenvalue weighted by atomic mass is 10.1. The van der Waals surface area contributed by atoms with Crippen molar-refractivity contribution in [2.24, 2.45) is 0 Å². The van der Waals surface area contributed by atoms with Crippen LogP contribution in [0.3, 0.4) is 0 Å². The third-order valence-corrected chi connectivity index (χ3v) is 4.87. The molecule has 26 heavy (non-hydrogen) atoms. The molecule has 0 spiro atoms. The number of hydrogen-bond acceptors (Lipinski definition) is 6. The fraction of sp³-hybridized carbons (Fsp3) is 0.316. The van der Waals surface area contributed by atoms with Crippen molar-refractivity contribution in [1.29, 1.82) is 0 Å². The minimum Gasteiger partial charge on any atom is -0.491 e. The average molecular weight is 372 g/mol. The second-order valence-corrected chi connectivity index (χ2v) is 7.06. The van der Waals surface area contributed by atoms with Gasteiger partial charge in [-0.05, 0) is 42.5 Å². The number of thiophene rings is 1. The molecule has 2 heterocycles. The van der Waals surface area contributed by atoms with Crippen LogP contribution in [0.2, 0.25) is 0 Å². The van der Waals surface area contributed by atoms with Crippen LogP contribution in [0.15, 0.2) is 46.8 Å². The van der Waals surface area contributed by atoms with Crippen molar-refractivity contribution in [3.8, 4) is 5.75 Å². The minimum absolute atomic E-state index is 0.0711. The monoisotopic (exact) mass is 372 g/mol. The van der Waals surface area contributed by atoms with E-state index in [0.29, 0.717) is 28.8 Å². The van der Waals surface area contributed by atoms with E-state index < -0.39 is 6.10 Å². The largest absolute Gasteiger partial charge is 0.491 e. The van der Waals surface area contributed by atoms with Crippen LogP contribution >= 0.6 is 11.3 Å². The summed E-state index contributed by atoms with van der Waals surface area (Å²) in [5.41, 5.74) is 1.58. The lowest BCUT2D eigenvalue weighted by Gasteiger charge is -2.14. The summed E-state index contributed by atoms with van der Waals surface area (Å²) < 4.78 is 7.57. The van der Waals surface area contributed by atoms with Crippen molar-refractivity contribution in [3.05, 3.63) is 58.0 Å². The number of Topliss-reactive ketones (excluding diaryl/α,β-unsaturated/α-hetero) is 1. The molecule has 0 radical (unpaired) electrons. The number of ether oxygens (including phenoxy) is 1. The zero-order valence-corrected chi connectivity index (χ0v) is 15.2. The van der Waals surface area contributed by atoms with Crippen molar-refractivity contribution < 1.29 is 14.6 Å². The number of fused-ring (bicyclic) bond motifs is 1. The van der Waals surface area contributed by atoms with Crippen LogP contribution in [0.1, 0.15) is 18.9 Å². The highest BCUT2D eigenvalue weighted by Gasteiger charge is 2.11. The molecule has 7 heteroatoms. The van der Waals surface area contributed by atoms with Crippen LogP contribution in [0.25, 0.3) is 10.2 Å². The first-order chi connectivity index (χ1) is 12.5. The first-order valence-corrected chi connectivity index (χ1v) is 9.23. The Bertz CT molecular complexity index is 946. The second kappa shape index (κ2) is 8.25. The normalized spacial score (nSPS) is 12.2. The summed E-state index contributed by atoms with van der Waals surface area (Å²) in [7, 11) is 0. The first kappa shape index (κ1) is 18.3. The van der Waals surface area contributed by atoms with Gasteiger partial charge in [0.05, 0.1) is 18.4 Å². The Morgan fingerprint density at radius 1 is 1.31 bits per heavy atom. The van der Waals surface area contributed by atoms with Crippen LogP contribution < -0.4 is 10.3 Å². The van der Waals surface area contributed by atoms with E-state index in [1.54, 1.807) is 13.0 Å². The molecule has 0 aliphatic rings. The highest BCUT2D eigenvalue weighted by atomic mass is 32.1. The molecule has 0 saturated heterocycles. The summed E-state index contributed by atoms with van der Waals surface area (Å²) in [4.78, 5) is 27.5. The molecule has 0 amide bonds. The van der Waals surface area contributed by atoms with E-state index in [9.17, 15) is 14.7 Å². The van der Waals surface area contributed by atoms with Gasteiger partial charge in [-0.3, -0.25) is 9.36 Å². The zero-order valence-electron chi connectivity index (χ0n) is 14.4. The fourth-order valence-electron chi connectivity index (χ4n) is 2.55. The minimum atomic E-state index is -0.829. The summed E-state index contributed by atoms with van der Waals surface area (Å²) in [6, 6.07) is 9.24. The van der Waals surface area contributed by atoms with Crippen LogP contribution in [0.5, 0.6) is 5.75 Å². The van der Waals surface area contributed by atoms with E-state index in [0.717, 1.165) is 5.56 Å². The smallest absolute Gasteiger partial charge is 0.271 e. The van der Waals surface area contributed by atoms with Gasteiger partial charge in [0.25, 0.3) is 5.56 Å². The molecular formula is C19H20N2O4S. The molecule has 3 aromatic rings. The number of carbonyl (C=O) groups excluding carboxylic acids is 1. The maximum atomic E-state index is 12.3. The topological polar surface area (TPSA) is 81.4 Å². The van der Waals surface area contributed by atoms with Gasteiger partial charge in [-0.2, -0.15) is 0 Å². The van der Waals surface area contributed by atoms with Gasteiger partial charge in [0.15, 0.2) is 0 Å². The summed E-state index contributed by atoms with van der Waals surface area (Å²) in [5, 5.41) is 12.0. The Labute approximate surface area is 154 Å². The molecular weight excluding hydrogens is 352 g/mol. The van der Waals surface area contributed by atoms with Crippen LogP contribution in [0, 0.1) is 0 Å². The number of aliphatic hydroxyl groups excluding tert-OH is 1. The van der Waals surface area contributed by atoms with Crippen molar-refractivity contribution in [2.45, 2.75) is 32.4 Å². The fourth-order valence-corrected chi connectivity index (χ4v) is 3.35. The lowest BCUT2D eigenvalue weighted by Crippen LogP contribution is -2.30. The maximum Gasteiger partial charge on any atom is 0.271 e. The van der Waals surface area contributed by atoms with Gasteiger partial charge in [0.1, 0.15) is 28.9 Å². The van der Waals surface area contributed by atoms with E-state index in [1.807, 2.05) is 29.6 Å². The molecule has 1 N–H and O–H groups in total. The number of nitrogens with zero attached hydrogens (tertiary/aromatic N) is 2. The van der Waals surface area contributed by atoms with Crippen molar-refractivity contribution in [2.75, 3.05) is 6.61 Å². The molecule has 2 aromatic heterocycles. The Morgan fingerprint density at radius 3 is 2.81 bits per heavy atom. The molecule has 0 unspecified atom stereocenters. The summed E-state index contributed by atoms with van der Waals surface area (Å²) in [6.07, 6.45) is 1.85. The van der Waals surface area contributed by atoms with E-state index in [-0.39, 0.29) is 24.5 Å². The molecule has 0 aliphatic carbocycles. The number of hydrogen-bond donors (Lipinski definition) is 1. The van der Waals surface area contributed by atoms with Gasteiger partial charge < -0.3 is 14.6 Å². The van der Waals surface area contributed by atoms with Crippen molar-refractivity contribution >= 4 is 27.3 Å².